The minimum Gasteiger partial charge on any atom is -0.265 e. The van der Waals surface area contributed by atoms with Crippen molar-refractivity contribution in [3.8, 4) is 0 Å². The molecule has 0 aromatic carbocycles. The number of nitrogens with one attached hydrogen (secondary N) is 1. The highest BCUT2D eigenvalue weighted by molar-refractivity contribution is 7.89. The molecule has 0 aliphatic heterocycles. The molecule has 0 saturated heterocycles. The van der Waals surface area contributed by atoms with Crippen LogP contribution in [0, 0.1) is 0 Å². The van der Waals surface area contributed by atoms with E-state index in [1.165, 1.54) is 0 Å². The van der Waals surface area contributed by atoms with Crippen molar-refractivity contribution in [1.82, 2.24) is 9.71 Å². The van der Waals surface area contributed by atoms with Gasteiger partial charge in [0.15, 0.2) is 0 Å². The van der Waals surface area contributed by atoms with Crippen LogP contribution in [0.15, 0.2) is 37.2 Å². The summed E-state index contributed by atoms with van der Waals surface area (Å²) in [5, 5.41) is 0. The normalized spacial score (nSPS) is 11.2. The summed E-state index contributed by atoms with van der Waals surface area (Å²) in [4.78, 5) is 3.85. The lowest BCUT2D eigenvalue weighted by Crippen LogP contribution is -2.25. The van der Waals surface area contributed by atoms with Gasteiger partial charge in [0.2, 0.25) is 10.0 Å². The first-order valence-corrected chi connectivity index (χ1v) is 6.26. The van der Waals surface area contributed by atoms with Crippen molar-refractivity contribution in [2.75, 3.05) is 5.75 Å². The lowest BCUT2D eigenvalue weighted by atomic mass is 10.3. The average Bonchev–Trinajstić information content (AvgIpc) is 2.25. The summed E-state index contributed by atoms with van der Waals surface area (Å²) in [6, 6.07) is 3.55. The second-order valence-corrected chi connectivity index (χ2v) is 5.00. The van der Waals surface area contributed by atoms with Crippen molar-refractivity contribution in [2.24, 2.45) is 0 Å². The van der Waals surface area contributed by atoms with Gasteiger partial charge in [-0.2, -0.15) is 0 Å². The summed E-state index contributed by atoms with van der Waals surface area (Å²) in [5.41, 5.74) is 0.896. The van der Waals surface area contributed by atoms with E-state index < -0.39 is 10.0 Å². The molecule has 4 nitrogen and oxygen atoms in total. The molecule has 0 atom stereocenters. The van der Waals surface area contributed by atoms with Gasteiger partial charge in [-0.1, -0.05) is 6.08 Å². The first kappa shape index (κ1) is 11.9. The van der Waals surface area contributed by atoms with Gasteiger partial charge in [-0.15, -0.1) is 6.58 Å². The molecule has 15 heavy (non-hydrogen) atoms. The topological polar surface area (TPSA) is 59.1 Å². The van der Waals surface area contributed by atoms with Gasteiger partial charge in [0.25, 0.3) is 0 Å². The molecule has 82 valence electrons. The van der Waals surface area contributed by atoms with E-state index in [1.807, 2.05) is 0 Å². The fourth-order valence-corrected chi connectivity index (χ4v) is 2.01. The fourth-order valence-electron chi connectivity index (χ4n) is 1.00. The molecule has 1 rings (SSSR count). The minimum atomic E-state index is -3.18. The van der Waals surface area contributed by atoms with Crippen molar-refractivity contribution in [2.45, 2.75) is 13.0 Å². The number of nitrogens with zero attached hydrogens (tertiary/aromatic N) is 1. The van der Waals surface area contributed by atoms with E-state index in [0.29, 0.717) is 13.0 Å². The van der Waals surface area contributed by atoms with E-state index in [2.05, 4.69) is 16.3 Å². The van der Waals surface area contributed by atoms with Gasteiger partial charge >= 0.3 is 0 Å². The molecule has 1 heterocycles. The van der Waals surface area contributed by atoms with Gasteiger partial charge in [0.1, 0.15) is 0 Å². The lowest BCUT2D eigenvalue weighted by Gasteiger charge is -2.04. The summed E-state index contributed by atoms with van der Waals surface area (Å²) >= 11 is 0. The van der Waals surface area contributed by atoms with Gasteiger partial charge < -0.3 is 0 Å². The molecule has 0 spiro atoms. The van der Waals surface area contributed by atoms with Crippen LogP contribution in [0.25, 0.3) is 0 Å². The van der Waals surface area contributed by atoms with Crippen LogP contribution in [0.3, 0.4) is 0 Å². The number of hydrogen-bond acceptors (Lipinski definition) is 3. The van der Waals surface area contributed by atoms with Crippen molar-refractivity contribution >= 4 is 10.0 Å². The van der Waals surface area contributed by atoms with E-state index in [1.54, 1.807) is 30.6 Å². The van der Waals surface area contributed by atoms with Crippen LogP contribution in [-0.4, -0.2) is 19.2 Å². The lowest BCUT2D eigenvalue weighted by molar-refractivity contribution is 0.581. The first-order chi connectivity index (χ1) is 7.14. The predicted molar refractivity (Wildman–Crippen MR) is 59.7 cm³/mol. The van der Waals surface area contributed by atoms with Gasteiger partial charge in [-0.25, -0.2) is 13.1 Å². The van der Waals surface area contributed by atoms with Crippen molar-refractivity contribution in [3.63, 3.8) is 0 Å². The molecule has 0 aliphatic carbocycles. The zero-order valence-corrected chi connectivity index (χ0v) is 9.20. The molecule has 0 bridgehead atoms. The summed E-state index contributed by atoms with van der Waals surface area (Å²) in [5.74, 6) is 0.0849. The molecular weight excluding hydrogens is 212 g/mol. The largest absolute Gasteiger partial charge is 0.265 e. The second kappa shape index (κ2) is 5.63. The minimum absolute atomic E-state index is 0.0849. The van der Waals surface area contributed by atoms with Crippen molar-refractivity contribution in [1.29, 1.82) is 0 Å². The smallest absolute Gasteiger partial charge is 0.212 e. The molecule has 5 heteroatoms. The summed E-state index contributed by atoms with van der Waals surface area (Å²) in [6.45, 7) is 3.79. The van der Waals surface area contributed by atoms with E-state index in [4.69, 9.17) is 0 Å². The molecule has 0 aliphatic rings. The van der Waals surface area contributed by atoms with Crippen LogP contribution in [0.5, 0.6) is 0 Å². The third-order valence-electron chi connectivity index (χ3n) is 1.84. The van der Waals surface area contributed by atoms with Crippen molar-refractivity contribution < 1.29 is 8.42 Å². The zero-order valence-electron chi connectivity index (χ0n) is 8.39. The highest BCUT2D eigenvalue weighted by Crippen LogP contribution is 1.97. The van der Waals surface area contributed by atoms with Gasteiger partial charge in [0, 0.05) is 18.9 Å². The highest BCUT2D eigenvalue weighted by Gasteiger charge is 2.07. The zero-order chi connectivity index (χ0) is 11.1. The maximum atomic E-state index is 11.4. The predicted octanol–water partition coefficient (Wildman–Crippen LogP) is 1.08. The van der Waals surface area contributed by atoms with Crippen LogP contribution >= 0.6 is 0 Å². The average molecular weight is 226 g/mol. The van der Waals surface area contributed by atoms with Crippen LogP contribution < -0.4 is 4.72 Å². The Hall–Kier alpha value is -1.20. The molecule has 1 aromatic rings. The SMILES string of the molecule is C=CCCS(=O)(=O)NCc1ccncc1. The molecule has 1 N–H and O–H groups in total. The maximum Gasteiger partial charge on any atom is 0.212 e. The summed E-state index contributed by atoms with van der Waals surface area (Å²) in [7, 11) is -3.18. The number of hydrogen-bond donors (Lipinski definition) is 1. The summed E-state index contributed by atoms with van der Waals surface area (Å²) < 4.78 is 25.3. The van der Waals surface area contributed by atoms with Crippen LogP contribution in [0.1, 0.15) is 12.0 Å². The number of aromatic nitrogens is 1. The summed E-state index contributed by atoms with van der Waals surface area (Å²) in [6.07, 6.45) is 5.32. The van der Waals surface area contributed by atoms with Gasteiger partial charge in [-0.05, 0) is 24.1 Å². The monoisotopic (exact) mass is 226 g/mol. The number of pyridine rings is 1. The second-order valence-electron chi connectivity index (χ2n) is 3.07. The molecule has 0 radical (unpaired) electrons. The third-order valence-corrected chi connectivity index (χ3v) is 3.19. The maximum absolute atomic E-state index is 11.4. The van der Waals surface area contributed by atoms with E-state index in [-0.39, 0.29) is 5.75 Å². The van der Waals surface area contributed by atoms with Gasteiger partial charge in [-0.3, -0.25) is 4.98 Å². The Morgan fingerprint density at radius 1 is 1.40 bits per heavy atom. The Labute approximate surface area is 90.1 Å². The Morgan fingerprint density at radius 3 is 2.67 bits per heavy atom. The highest BCUT2D eigenvalue weighted by atomic mass is 32.2. The molecule has 0 fully saturated rings. The number of rotatable bonds is 6. The molecule has 0 amide bonds. The number of sulfonamides is 1. The Balaban J connectivity index is 2.46. The number of allylic oxidation sites excluding steroid dienone is 1. The molecular formula is C10H14N2O2S. The Bertz CT molecular complexity index is 401. The standard InChI is InChI=1S/C10H14N2O2S/c1-2-3-8-15(13,14)12-9-10-4-6-11-7-5-10/h2,4-7,12H,1,3,8-9H2. The Kier molecular flexibility index (Phi) is 4.45. The van der Waals surface area contributed by atoms with Crippen LogP contribution in [-0.2, 0) is 16.6 Å². The van der Waals surface area contributed by atoms with E-state index in [0.717, 1.165) is 5.56 Å². The van der Waals surface area contributed by atoms with Crippen LogP contribution in [0.4, 0.5) is 0 Å². The van der Waals surface area contributed by atoms with Gasteiger partial charge in [0.05, 0.1) is 5.75 Å². The fraction of sp³-hybridized carbons (Fsp3) is 0.300. The molecule has 0 saturated carbocycles. The van der Waals surface area contributed by atoms with E-state index >= 15 is 0 Å². The molecule has 1 aromatic heterocycles. The molecule has 0 unspecified atom stereocenters. The van der Waals surface area contributed by atoms with Crippen molar-refractivity contribution in [3.05, 3.63) is 42.7 Å². The van der Waals surface area contributed by atoms with Crippen LogP contribution in [0.2, 0.25) is 0 Å². The quantitative estimate of drug-likeness (QED) is 0.738. The van der Waals surface area contributed by atoms with E-state index in [9.17, 15) is 8.42 Å². The third kappa shape index (κ3) is 4.71. The first-order valence-electron chi connectivity index (χ1n) is 4.61. The Morgan fingerprint density at radius 2 is 2.07 bits per heavy atom.